The van der Waals surface area contributed by atoms with Crippen molar-refractivity contribution in [1.82, 2.24) is 8.94 Å². The van der Waals surface area contributed by atoms with E-state index in [1.54, 1.807) is 0 Å². The Morgan fingerprint density at radius 3 is 2.31 bits per heavy atom. The first-order valence-electron chi connectivity index (χ1n) is 9.21. The van der Waals surface area contributed by atoms with Crippen LogP contribution in [0, 0.1) is 6.92 Å². The van der Waals surface area contributed by atoms with Gasteiger partial charge in [-0.2, -0.15) is 9.37 Å². The number of rotatable bonds is 4. The van der Waals surface area contributed by atoms with Gasteiger partial charge in [0, 0.05) is 22.1 Å². The minimum atomic E-state index is 0.605. The summed E-state index contributed by atoms with van der Waals surface area (Å²) in [6.45, 7) is 2.58. The van der Waals surface area contributed by atoms with Gasteiger partial charge in [0.05, 0.1) is 12.2 Å². The van der Waals surface area contributed by atoms with Crippen LogP contribution < -0.4 is 4.80 Å². The number of para-hydroxylation sites is 1. The van der Waals surface area contributed by atoms with Crippen molar-refractivity contribution in [1.29, 1.82) is 0 Å². The van der Waals surface area contributed by atoms with Crippen LogP contribution in [-0.4, -0.2) is 14.8 Å². The van der Waals surface area contributed by atoms with Gasteiger partial charge in [-0.05, 0) is 30.7 Å². The number of aromatic nitrogens is 2. The van der Waals surface area contributed by atoms with E-state index in [9.17, 15) is 0 Å². The van der Waals surface area contributed by atoms with Crippen LogP contribution in [0.2, 0.25) is 5.02 Å². The first-order chi connectivity index (χ1) is 14.2. The molecule has 4 rings (SSSR count). The van der Waals surface area contributed by atoms with Gasteiger partial charge in [0.1, 0.15) is 5.82 Å². The maximum atomic E-state index is 6.37. The van der Waals surface area contributed by atoms with E-state index >= 15 is 0 Å². The van der Waals surface area contributed by atoms with E-state index < -0.39 is 0 Å². The average molecular weight is 419 g/mol. The Bertz CT molecular complexity index is 1190. The molecule has 0 amide bonds. The number of hydrogen-bond acceptors (Lipinski definition) is 3. The predicted octanol–water partition coefficient (Wildman–Crippen LogP) is 5.63. The Hall–Kier alpha value is -3.02. The molecule has 0 fully saturated rings. The lowest BCUT2D eigenvalue weighted by Gasteiger charge is -2.07. The maximum Gasteiger partial charge on any atom is 0.211 e. The zero-order valence-electron chi connectivity index (χ0n) is 15.9. The molecule has 0 N–H and O–H groups in total. The number of amidine groups is 1. The molecular weight excluding hydrogens is 400 g/mol. The quantitative estimate of drug-likeness (QED) is 0.312. The summed E-state index contributed by atoms with van der Waals surface area (Å²) in [5.74, 6) is 1.54. The highest BCUT2D eigenvalue weighted by Gasteiger charge is 2.09. The van der Waals surface area contributed by atoms with Crippen LogP contribution in [0.5, 0.6) is 0 Å². The summed E-state index contributed by atoms with van der Waals surface area (Å²) in [6, 6.07) is 27.7. The van der Waals surface area contributed by atoms with Gasteiger partial charge in [0.15, 0.2) is 5.84 Å². The molecule has 144 valence electrons. The Morgan fingerprint density at radius 1 is 0.931 bits per heavy atom. The van der Waals surface area contributed by atoms with Crippen molar-refractivity contribution in [3.63, 3.8) is 0 Å². The smallest absolute Gasteiger partial charge is 0.211 e. The van der Waals surface area contributed by atoms with Gasteiger partial charge in [0.2, 0.25) is 4.80 Å². The van der Waals surface area contributed by atoms with Gasteiger partial charge in [-0.3, -0.25) is 4.57 Å². The van der Waals surface area contributed by atoms with E-state index in [-0.39, 0.29) is 0 Å². The second-order valence-electron chi connectivity index (χ2n) is 6.44. The molecule has 3 aromatic carbocycles. The summed E-state index contributed by atoms with van der Waals surface area (Å²) in [6.07, 6.45) is 0. The van der Waals surface area contributed by atoms with E-state index in [0.29, 0.717) is 12.4 Å². The van der Waals surface area contributed by atoms with Crippen LogP contribution in [0.15, 0.2) is 94.9 Å². The molecule has 0 aliphatic heterocycles. The van der Waals surface area contributed by atoms with Gasteiger partial charge in [-0.15, -0.1) is 0 Å². The van der Waals surface area contributed by atoms with Gasteiger partial charge in [0.25, 0.3) is 0 Å². The lowest BCUT2D eigenvalue weighted by atomic mass is 10.2. The Kier molecular flexibility index (Phi) is 5.98. The second-order valence-corrected chi connectivity index (χ2v) is 7.58. The molecule has 0 saturated carbocycles. The van der Waals surface area contributed by atoms with Crippen LogP contribution >= 0.6 is 23.1 Å². The molecule has 1 heterocycles. The minimum Gasteiger partial charge on any atom is -0.299 e. The van der Waals surface area contributed by atoms with E-state index in [4.69, 9.17) is 21.6 Å². The molecule has 0 saturated heterocycles. The molecule has 4 nitrogen and oxygen atoms in total. The van der Waals surface area contributed by atoms with Crippen LogP contribution in [0.4, 0.5) is 5.69 Å². The second kappa shape index (κ2) is 8.99. The van der Waals surface area contributed by atoms with Crippen LogP contribution in [0.25, 0.3) is 0 Å². The van der Waals surface area contributed by atoms with Crippen molar-refractivity contribution in [2.75, 3.05) is 0 Å². The average Bonchev–Trinajstić information content (AvgIpc) is 3.10. The highest BCUT2D eigenvalue weighted by molar-refractivity contribution is 7.02. The minimum absolute atomic E-state index is 0.605. The van der Waals surface area contributed by atoms with E-state index in [0.717, 1.165) is 32.5 Å². The third-order valence-corrected chi connectivity index (χ3v) is 5.59. The molecule has 4 aromatic rings. The lowest BCUT2D eigenvalue weighted by Crippen LogP contribution is -2.19. The van der Waals surface area contributed by atoms with Crippen LogP contribution in [0.1, 0.15) is 17.0 Å². The number of aryl methyl sites for hydroxylation is 1. The fraction of sp³-hybridized carbons (Fsp3) is 0.0870. The fourth-order valence-corrected chi connectivity index (χ4v) is 3.79. The molecular formula is C23H19ClN4S. The molecule has 29 heavy (non-hydrogen) atoms. The normalized spacial score (nSPS) is 12.3. The highest BCUT2D eigenvalue weighted by Crippen LogP contribution is 2.17. The van der Waals surface area contributed by atoms with Crippen LogP contribution in [-0.2, 0) is 6.54 Å². The summed E-state index contributed by atoms with van der Waals surface area (Å²) in [5.41, 5.74) is 2.83. The molecule has 0 aliphatic carbocycles. The fourth-order valence-electron chi connectivity index (χ4n) is 2.86. The zero-order chi connectivity index (χ0) is 20.1. The maximum absolute atomic E-state index is 6.37. The molecule has 0 radical (unpaired) electrons. The number of aliphatic imine (C=N–C) groups is 1. The van der Waals surface area contributed by atoms with Crippen molar-refractivity contribution < 1.29 is 0 Å². The molecule has 0 spiro atoms. The van der Waals surface area contributed by atoms with E-state index in [1.807, 2.05) is 91.9 Å². The Labute approximate surface area is 178 Å². The lowest BCUT2D eigenvalue weighted by molar-refractivity contribution is 0.729. The van der Waals surface area contributed by atoms with Gasteiger partial charge in [-0.25, -0.2) is 4.99 Å². The molecule has 0 bridgehead atoms. The summed E-state index contributed by atoms with van der Waals surface area (Å²) in [7, 11) is 0. The topological polar surface area (TPSA) is 42.5 Å². The molecule has 0 aliphatic rings. The van der Waals surface area contributed by atoms with Crippen molar-refractivity contribution in [2.24, 2.45) is 9.98 Å². The summed E-state index contributed by atoms with van der Waals surface area (Å²) >= 11 is 7.73. The van der Waals surface area contributed by atoms with Crippen LogP contribution in [0.3, 0.4) is 0 Å². The molecule has 0 atom stereocenters. The number of nitrogens with zero attached hydrogens (tertiary/aromatic N) is 4. The molecule has 1 aromatic heterocycles. The van der Waals surface area contributed by atoms with Crippen molar-refractivity contribution in [3.05, 3.63) is 112 Å². The first-order valence-corrected chi connectivity index (χ1v) is 10.4. The number of benzene rings is 3. The van der Waals surface area contributed by atoms with Crippen molar-refractivity contribution in [3.8, 4) is 0 Å². The predicted molar refractivity (Wildman–Crippen MR) is 120 cm³/mol. The monoisotopic (exact) mass is 418 g/mol. The Morgan fingerprint density at radius 2 is 1.59 bits per heavy atom. The van der Waals surface area contributed by atoms with E-state index in [1.165, 1.54) is 11.5 Å². The van der Waals surface area contributed by atoms with Gasteiger partial charge in [-0.1, -0.05) is 78.3 Å². The van der Waals surface area contributed by atoms with Crippen molar-refractivity contribution >= 4 is 34.7 Å². The number of halogens is 1. The van der Waals surface area contributed by atoms with E-state index in [2.05, 4.69) is 8.94 Å². The van der Waals surface area contributed by atoms with Crippen molar-refractivity contribution in [2.45, 2.75) is 13.5 Å². The SMILES string of the molecule is Cc1nsc(=NC(=Nc2ccccc2)c2ccccc2)n1Cc1ccccc1Cl. The standard InChI is InChI=1S/C23H19ClN4S/c1-17-27-29-23(28(17)16-19-12-8-9-15-21(19)24)26-22(18-10-4-2-5-11-18)25-20-13-6-3-7-14-20/h2-15H,16H2,1H3. The summed E-state index contributed by atoms with van der Waals surface area (Å²) in [4.78, 5) is 10.5. The molecule has 6 heteroatoms. The zero-order valence-corrected chi connectivity index (χ0v) is 17.4. The number of hydrogen-bond donors (Lipinski definition) is 0. The molecule has 0 unspecified atom stereocenters. The summed E-state index contributed by atoms with van der Waals surface area (Å²) < 4.78 is 6.57. The third-order valence-electron chi connectivity index (χ3n) is 4.39. The van der Waals surface area contributed by atoms with Gasteiger partial charge < -0.3 is 0 Å². The Balaban J connectivity index is 1.82. The third kappa shape index (κ3) is 4.70. The largest absolute Gasteiger partial charge is 0.299 e. The highest BCUT2D eigenvalue weighted by atomic mass is 35.5. The van der Waals surface area contributed by atoms with Gasteiger partial charge >= 0.3 is 0 Å². The summed E-state index contributed by atoms with van der Waals surface area (Å²) in [5, 5.41) is 0.734. The first kappa shape index (κ1) is 19.3.